The molecule has 0 aromatic carbocycles. The molecule has 2 N–H and O–H groups in total. The van der Waals surface area contributed by atoms with E-state index in [2.05, 4.69) is 32.3 Å². The standard InChI is InChI=1S/C24H29N5O/c1-16-13-17(9-12-25-16)20-18-7-3-2-4-8-19(18)28-22(21(20)23-26-15-27-29-23)24(14-30)10-5-6-11-24/h9,12-13,15,30H,2-8,10-11,14H2,1H3,(H,26,27,29). The van der Waals surface area contributed by atoms with E-state index in [1.165, 1.54) is 36.1 Å². The highest BCUT2D eigenvalue weighted by atomic mass is 16.3. The fourth-order valence-electron chi connectivity index (χ4n) is 5.40. The van der Waals surface area contributed by atoms with E-state index in [0.29, 0.717) is 0 Å². The Morgan fingerprint density at radius 3 is 2.60 bits per heavy atom. The highest BCUT2D eigenvalue weighted by Crippen LogP contribution is 2.48. The van der Waals surface area contributed by atoms with Gasteiger partial charge < -0.3 is 5.11 Å². The van der Waals surface area contributed by atoms with Crippen LogP contribution in [0.1, 0.15) is 67.6 Å². The molecule has 3 heterocycles. The summed E-state index contributed by atoms with van der Waals surface area (Å²) in [5.41, 5.74) is 7.61. The van der Waals surface area contributed by atoms with Crippen LogP contribution in [0.5, 0.6) is 0 Å². The second kappa shape index (κ2) is 7.91. The van der Waals surface area contributed by atoms with Crippen molar-refractivity contribution < 1.29 is 5.11 Å². The minimum absolute atomic E-state index is 0.120. The zero-order valence-corrected chi connectivity index (χ0v) is 17.6. The average Bonchev–Trinajstić information content (AvgIpc) is 3.41. The van der Waals surface area contributed by atoms with Gasteiger partial charge in [0.15, 0.2) is 5.82 Å². The van der Waals surface area contributed by atoms with Crippen LogP contribution in [-0.4, -0.2) is 36.9 Å². The van der Waals surface area contributed by atoms with Gasteiger partial charge in [-0.05, 0) is 74.3 Å². The molecule has 1 saturated carbocycles. The van der Waals surface area contributed by atoms with Gasteiger partial charge in [-0.3, -0.25) is 15.1 Å². The Bertz CT molecular complexity index is 1040. The number of nitrogens with one attached hydrogen (secondary N) is 1. The number of aliphatic hydroxyl groups excluding tert-OH is 1. The van der Waals surface area contributed by atoms with Gasteiger partial charge in [0, 0.05) is 28.6 Å². The van der Waals surface area contributed by atoms with E-state index in [0.717, 1.165) is 66.9 Å². The maximum absolute atomic E-state index is 10.6. The van der Waals surface area contributed by atoms with Crippen LogP contribution < -0.4 is 0 Å². The first-order valence-electron chi connectivity index (χ1n) is 11.2. The first-order chi connectivity index (χ1) is 14.7. The fourth-order valence-corrected chi connectivity index (χ4v) is 5.40. The van der Waals surface area contributed by atoms with E-state index < -0.39 is 0 Å². The number of aryl methyl sites for hydroxylation is 2. The molecule has 0 atom stereocenters. The SMILES string of the molecule is Cc1cc(-c2c3c(nc(C4(CO)CCCC4)c2-c2ncn[nH]2)CCCCC3)ccn1. The van der Waals surface area contributed by atoms with Crippen LogP contribution in [0.15, 0.2) is 24.7 Å². The van der Waals surface area contributed by atoms with Gasteiger partial charge in [0.2, 0.25) is 0 Å². The number of H-pyrrole nitrogens is 1. The summed E-state index contributed by atoms with van der Waals surface area (Å²) >= 11 is 0. The summed E-state index contributed by atoms with van der Waals surface area (Å²) < 4.78 is 0. The Morgan fingerprint density at radius 1 is 1.03 bits per heavy atom. The van der Waals surface area contributed by atoms with Gasteiger partial charge in [0.1, 0.15) is 6.33 Å². The largest absolute Gasteiger partial charge is 0.395 e. The number of fused-ring (bicyclic) bond motifs is 1. The Morgan fingerprint density at radius 2 is 1.87 bits per heavy atom. The highest BCUT2D eigenvalue weighted by molar-refractivity contribution is 5.86. The molecule has 0 saturated heterocycles. The first kappa shape index (κ1) is 19.4. The zero-order chi connectivity index (χ0) is 20.6. The van der Waals surface area contributed by atoms with Crippen molar-refractivity contribution >= 4 is 0 Å². The lowest BCUT2D eigenvalue weighted by molar-refractivity contribution is 0.192. The van der Waals surface area contributed by atoms with Crippen LogP contribution in [-0.2, 0) is 18.3 Å². The number of pyridine rings is 2. The van der Waals surface area contributed by atoms with E-state index in [1.54, 1.807) is 6.33 Å². The lowest BCUT2D eigenvalue weighted by Gasteiger charge is -2.31. The van der Waals surface area contributed by atoms with Crippen molar-refractivity contribution in [1.29, 1.82) is 0 Å². The van der Waals surface area contributed by atoms with Gasteiger partial charge >= 0.3 is 0 Å². The van der Waals surface area contributed by atoms with Crippen molar-refractivity contribution in [2.24, 2.45) is 0 Å². The van der Waals surface area contributed by atoms with Crippen molar-refractivity contribution in [3.8, 4) is 22.5 Å². The average molecular weight is 404 g/mol. The summed E-state index contributed by atoms with van der Waals surface area (Å²) in [5.74, 6) is 0.744. The van der Waals surface area contributed by atoms with Crippen molar-refractivity contribution in [3.63, 3.8) is 0 Å². The van der Waals surface area contributed by atoms with Crippen molar-refractivity contribution in [1.82, 2.24) is 25.1 Å². The molecule has 6 heteroatoms. The second-order valence-electron chi connectivity index (χ2n) is 8.86. The Hall–Kier alpha value is -2.60. The Kier molecular flexibility index (Phi) is 5.11. The van der Waals surface area contributed by atoms with Gasteiger partial charge in [-0.25, -0.2) is 4.98 Å². The van der Waals surface area contributed by atoms with E-state index in [9.17, 15) is 5.11 Å². The number of aromatic nitrogens is 5. The van der Waals surface area contributed by atoms with E-state index in [-0.39, 0.29) is 12.0 Å². The molecule has 0 aliphatic heterocycles. The summed E-state index contributed by atoms with van der Waals surface area (Å²) in [5, 5.41) is 17.8. The normalized spacial score (nSPS) is 18.2. The number of hydrogen-bond acceptors (Lipinski definition) is 5. The smallest absolute Gasteiger partial charge is 0.157 e. The predicted molar refractivity (Wildman–Crippen MR) is 116 cm³/mol. The molecule has 156 valence electrons. The van der Waals surface area contributed by atoms with Crippen LogP contribution in [0.2, 0.25) is 0 Å². The molecule has 0 spiro atoms. The van der Waals surface area contributed by atoms with Crippen molar-refractivity contribution in [3.05, 3.63) is 47.3 Å². The van der Waals surface area contributed by atoms with Gasteiger partial charge in [-0.1, -0.05) is 19.3 Å². The molecular weight excluding hydrogens is 374 g/mol. The summed E-state index contributed by atoms with van der Waals surface area (Å²) in [6, 6.07) is 4.25. The molecule has 30 heavy (non-hydrogen) atoms. The molecule has 3 aromatic heterocycles. The maximum atomic E-state index is 10.6. The Labute approximate surface area is 177 Å². The lowest BCUT2D eigenvalue weighted by atomic mass is 9.77. The van der Waals surface area contributed by atoms with Crippen molar-refractivity contribution in [2.45, 2.75) is 70.1 Å². The van der Waals surface area contributed by atoms with Gasteiger partial charge in [-0.2, -0.15) is 5.10 Å². The molecule has 3 aromatic rings. The van der Waals surface area contributed by atoms with Crippen LogP contribution in [0, 0.1) is 6.92 Å². The minimum Gasteiger partial charge on any atom is -0.395 e. The van der Waals surface area contributed by atoms with Gasteiger partial charge in [-0.15, -0.1) is 0 Å². The maximum Gasteiger partial charge on any atom is 0.157 e. The molecule has 0 unspecified atom stereocenters. The summed E-state index contributed by atoms with van der Waals surface area (Å²) in [6.45, 7) is 2.15. The third kappa shape index (κ3) is 3.23. The molecule has 1 fully saturated rings. The van der Waals surface area contributed by atoms with E-state index in [4.69, 9.17) is 4.98 Å². The van der Waals surface area contributed by atoms with Crippen LogP contribution in [0.4, 0.5) is 0 Å². The lowest BCUT2D eigenvalue weighted by Crippen LogP contribution is -2.30. The molecule has 6 nitrogen and oxygen atoms in total. The molecular formula is C24H29N5O. The molecule has 0 amide bonds. The van der Waals surface area contributed by atoms with E-state index >= 15 is 0 Å². The monoisotopic (exact) mass is 403 g/mol. The third-order valence-electron chi connectivity index (χ3n) is 6.93. The minimum atomic E-state index is -0.305. The number of nitrogens with zero attached hydrogens (tertiary/aromatic N) is 4. The molecule has 0 bridgehead atoms. The van der Waals surface area contributed by atoms with E-state index in [1.807, 2.05) is 13.1 Å². The quantitative estimate of drug-likeness (QED) is 0.634. The molecule has 2 aliphatic rings. The molecule has 2 aliphatic carbocycles. The first-order valence-corrected chi connectivity index (χ1v) is 11.2. The number of aliphatic hydroxyl groups is 1. The number of aromatic amines is 1. The van der Waals surface area contributed by atoms with Crippen molar-refractivity contribution in [2.75, 3.05) is 6.61 Å². The molecule has 5 rings (SSSR count). The van der Waals surface area contributed by atoms with Gasteiger partial charge in [0.05, 0.1) is 12.3 Å². The fraction of sp³-hybridized carbons (Fsp3) is 0.500. The number of hydrogen-bond donors (Lipinski definition) is 2. The van der Waals surface area contributed by atoms with Gasteiger partial charge in [0.25, 0.3) is 0 Å². The topological polar surface area (TPSA) is 87.6 Å². The summed E-state index contributed by atoms with van der Waals surface area (Å²) in [7, 11) is 0. The molecule has 0 radical (unpaired) electrons. The second-order valence-corrected chi connectivity index (χ2v) is 8.86. The van der Waals surface area contributed by atoms with Crippen LogP contribution >= 0.6 is 0 Å². The summed E-state index contributed by atoms with van der Waals surface area (Å²) in [6.07, 6.45) is 13.2. The van der Waals surface area contributed by atoms with Crippen LogP contribution in [0.3, 0.4) is 0 Å². The predicted octanol–water partition coefficient (Wildman–Crippen LogP) is 4.31. The Balaban J connectivity index is 1.88. The highest BCUT2D eigenvalue weighted by Gasteiger charge is 2.41. The zero-order valence-electron chi connectivity index (χ0n) is 17.6. The number of rotatable bonds is 4. The third-order valence-corrected chi connectivity index (χ3v) is 6.93. The summed E-state index contributed by atoms with van der Waals surface area (Å²) in [4.78, 5) is 14.3. The van der Waals surface area contributed by atoms with Crippen LogP contribution in [0.25, 0.3) is 22.5 Å².